The topological polar surface area (TPSA) is 64.8 Å². The zero-order valence-corrected chi connectivity index (χ0v) is 21.4. The van der Waals surface area contributed by atoms with Gasteiger partial charge in [-0.15, -0.1) is 0 Å². The van der Waals surface area contributed by atoms with Crippen molar-refractivity contribution in [3.05, 3.63) is 102 Å². The lowest BCUT2D eigenvalue weighted by molar-refractivity contribution is 0.101. The van der Waals surface area contributed by atoms with Crippen molar-refractivity contribution in [2.75, 3.05) is 19.6 Å². The second-order valence-corrected chi connectivity index (χ2v) is 9.59. The third-order valence-corrected chi connectivity index (χ3v) is 6.93. The van der Waals surface area contributed by atoms with E-state index in [-0.39, 0.29) is 11.6 Å². The Hall–Kier alpha value is -3.97. The predicted molar refractivity (Wildman–Crippen MR) is 144 cm³/mol. The number of carbonyl (C=O) groups excluding carboxylic acids is 1. The van der Waals surface area contributed by atoms with Crippen molar-refractivity contribution < 1.29 is 23.2 Å². The minimum Gasteiger partial charge on any atom is -0.485 e. The molecular weight excluding hydrogens is 483 g/mol. The third-order valence-electron chi connectivity index (χ3n) is 6.93. The molecule has 1 aliphatic heterocycles. The number of benzene rings is 3. The van der Waals surface area contributed by atoms with Crippen LogP contribution in [0, 0.1) is 5.82 Å². The zero-order chi connectivity index (χ0) is 26.3. The number of Topliss-reactive ketones (excluding diaryl/α,β-unsaturated/α-hetero) is 1. The first-order chi connectivity index (χ1) is 18.6. The second kappa shape index (κ2) is 12.0. The monoisotopic (exact) mass is 514 g/mol. The number of nitrogens with zero attached hydrogens (tertiary/aromatic N) is 2. The molecule has 0 atom stereocenters. The molecule has 7 heteroatoms. The molecule has 0 aliphatic carbocycles. The molecule has 1 saturated heterocycles. The highest BCUT2D eigenvalue weighted by molar-refractivity contribution is 5.94. The molecule has 1 aromatic heterocycles. The van der Waals surface area contributed by atoms with Crippen LogP contribution in [0.2, 0.25) is 0 Å². The van der Waals surface area contributed by atoms with Crippen molar-refractivity contribution in [3.8, 4) is 11.5 Å². The summed E-state index contributed by atoms with van der Waals surface area (Å²) < 4.78 is 30.7. The standard InChI is InChI=1S/C31H31FN2O4/c1-22(35)25-9-12-28(37-21-23-7-3-2-4-8-23)30(19-25)36-18-6-5-15-34-16-13-24(14-17-34)31-27-11-10-26(32)20-29(27)38-33-31/h2-4,6-12,18-20,24H,5,13-17,21H2,1H3. The van der Waals surface area contributed by atoms with Gasteiger partial charge in [0.25, 0.3) is 0 Å². The first-order valence-electron chi connectivity index (χ1n) is 13.0. The summed E-state index contributed by atoms with van der Waals surface area (Å²) in [4.78, 5) is 14.3. The van der Waals surface area contributed by atoms with E-state index in [4.69, 9.17) is 14.0 Å². The summed E-state index contributed by atoms with van der Waals surface area (Å²) in [5.41, 5.74) is 3.08. The van der Waals surface area contributed by atoms with Crippen LogP contribution in [0.3, 0.4) is 0 Å². The Morgan fingerprint density at radius 2 is 1.89 bits per heavy atom. The van der Waals surface area contributed by atoms with E-state index < -0.39 is 0 Å². The van der Waals surface area contributed by atoms with Gasteiger partial charge in [0.05, 0.1) is 12.0 Å². The minimum absolute atomic E-state index is 0.0253. The van der Waals surface area contributed by atoms with Gasteiger partial charge in [0.2, 0.25) is 0 Å². The Morgan fingerprint density at radius 3 is 2.68 bits per heavy atom. The Balaban J connectivity index is 1.12. The fourth-order valence-electron chi connectivity index (χ4n) is 4.78. The average Bonchev–Trinajstić information content (AvgIpc) is 3.36. The third kappa shape index (κ3) is 6.29. The maximum absolute atomic E-state index is 13.4. The molecule has 0 amide bonds. The van der Waals surface area contributed by atoms with Crippen LogP contribution in [0.4, 0.5) is 4.39 Å². The largest absolute Gasteiger partial charge is 0.485 e. The molecule has 0 spiro atoms. The van der Waals surface area contributed by atoms with Gasteiger partial charge in [-0.1, -0.05) is 35.5 Å². The maximum atomic E-state index is 13.4. The van der Waals surface area contributed by atoms with E-state index in [2.05, 4.69) is 10.1 Å². The predicted octanol–water partition coefficient (Wildman–Crippen LogP) is 6.91. The minimum atomic E-state index is -0.311. The number of rotatable bonds is 10. The lowest BCUT2D eigenvalue weighted by Gasteiger charge is -2.30. The van der Waals surface area contributed by atoms with Gasteiger partial charge in [-0.25, -0.2) is 4.39 Å². The fraction of sp³-hybridized carbons (Fsp3) is 0.290. The van der Waals surface area contributed by atoms with Gasteiger partial charge < -0.3 is 18.9 Å². The van der Waals surface area contributed by atoms with Gasteiger partial charge in [0, 0.05) is 29.5 Å². The van der Waals surface area contributed by atoms with E-state index in [0.29, 0.717) is 35.2 Å². The quantitative estimate of drug-likeness (QED) is 0.169. The molecule has 38 heavy (non-hydrogen) atoms. The summed E-state index contributed by atoms with van der Waals surface area (Å²) in [6.07, 6.45) is 6.47. The van der Waals surface area contributed by atoms with Crippen molar-refractivity contribution >= 4 is 16.8 Å². The molecule has 2 heterocycles. The van der Waals surface area contributed by atoms with E-state index in [0.717, 1.165) is 55.5 Å². The number of piperidine rings is 1. The summed E-state index contributed by atoms with van der Waals surface area (Å²) >= 11 is 0. The summed E-state index contributed by atoms with van der Waals surface area (Å²) in [6.45, 7) is 4.80. The summed E-state index contributed by atoms with van der Waals surface area (Å²) in [5, 5.41) is 5.14. The zero-order valence-electron chi connectivity index (χ0n) is 21.4. The lowest BCUT2D eigenvalue weighted by atomic mass is 9.91. The van der Waals surface area contributed by atoms with Crippen molar-refractivity contribution in [2.24, 2.45) is 0 Å². The molecule has 5 rings (SSSR count). The molecule has 4 aromatic rings. The number of halogens is 1. The van der Waals surface area contributed by atoms with Crippen LogP contribution in [0.5, 0.6) is 11.5 Å². The highest BCUT2D eigenvalue weighted by Gasteiger charge is 2.24. The Kier molecular flexibility index (Phi) is 8.14. The van der Waals surface area contributed by atoms with Crippen molar-refractivity contribution in [2.45, 2.75) is 38.7 Å². The fourth-order valence-corrected chi connectivity index (χ4v) is 4.78. The van der Waals surface area contributed by atoms with Gasteiger partial charge in [-0.05, 0) is 81.2 Å². The number of hydrogen-bond acceptors (Lipinski definition) is 6. The Labute approximate surface area is 221 Å². The number of aromatic nitrogens is 1. The molecule has 1 fully saturated rings. The highest BCUT2D eigenvalue weighted by Crippen LogP contribution is 2.33. The van der Waals surface area contributed by atoms with Crippen LogP contribution in [-0.2, 0) is 6.61 Å². The smallest absolute Gasteiger partial charge is 0.170 e. The van der Waals surface area contributed by atoms with Crippen LogP contribution < -0.4 is 9.47 Å². The van der Waals surface area contributed by atoms with Gasteiger partial charge in [-0.3, -0.25) is 4.79 Å². The average molecular weight is 515 g/mol. The molecule has 0 N–H and O–H groups in total. The van der Waals surface area contributed by atoms with E-state index in [9.17, 15) is 9.18 Å². The lowest BCUT2D eigenvalue weighted by Crippen LogP contribution is -2.33. The SMILES string of the molecule is CC(=O)c1ccc(OCc2ccccc2)c(OC=CCCN2CCC(c3noc4cc(F)ccc34)CC2)c1. The molecule has 0 bridgehead atoms. The number of hydrogen-bond donors (Lipinski definition) is 0. The van der Waals surface area contributed by atoms with Gasteiger partial charge in [0.1, 0.15) is 12.4 Å². The van der Waals surface area contributed by atoms with Gasteiger partial charge in [-0.2, -0.15) is 0 Å². The van der Waals surface area contributed by atoms with Crippen molar-refractivity contribution in [1.29, 1.82) is 0 Å². The van der Waals surface area contributed by atoms with E-state index in [1.165, 1.54) is 19.1 Å². The van der Waals surface area contributed by atoms with Crippen molar-refractivity contribution in [1.82, 2.24) is 10.1 Å². The van der Waals surface area contributed by atoms with E-state index >= 15 is 0 Å². The van der Waals surface area contributed by atoms with E-state index in [1.54, 1.807) is 30.5 Å². The molecule has 0 unspecified atom stereocenters. The van der Waals surface area contributed by atoms with Gasteiger partial charge in [0.15, 0.2) is 22.9 Å². The van der Waals surface area contributed by atoms with Crippen LogP contribution >= 0.6 is 0 Å². The second-order valence-electron chi connectivity index (χ2n) is 9.59. The number of likely N-dealkylation sites (tertiary alicyclic amines) is 1. The van der Waals surface area contributed by atoms with Crippen molar-refractivity contribution in [3.63, 3.8) is 0 Å². The summed E-state index contributed by atoms with van der Waals surface area (Å²) in [7, 11) is 0. The van der Waals surface area contributed by atoms with Crippen LogP contribution in [-0.4, -0.2) is 35.5 Å². The molecule has 0 radical (unpaired) electrons. The molecule has 6 nitrogen and oxygen atoms in total. The Bertz CT molecular complexity index is 1410. The number of ketones is 1. The maximum Gasteiger partial charge on any atom is 0.170 e. The van der Waals surface area contributed by atoms with Crippen LogP contribution in [0.1, 0.15) is 53.7 Å². The number of carbonyl (C=O) groups is 1. The van der Waals surface area contributed by atoms with Crippen LogP contribution in [0.15, 0.2) is 83.6 Å². The molecule has 0 saturated carbocycles. The number of fused-ring (bicyclic) bond motifs is 1. The molecule has 3 aromatic carbocycles. The van der Waals surface area contributed by atoms with Crippen LogP contribution in [0.25, 0.3) is 11.0 Å². The first kappa shape index (κ1) is 25.7. The van der Waals surface area contributed by atoms with Gasteiger partial charge >= 0.3 is 0 Å². The summed E-state index contributed by atoms with van der Waals surface area (Å²) in [5.74, 6) is 1.09. The number of ether oxygens (including phenoxy) is 2. The first-order valence-corrected chi connectivity index (χ1v) is 13.0. The van der Waals surface area contributed by atoms with E-state index in [1.807, 2.05) is 36.4 Å². The normalized spacial score (nSPS) is 14.8. The molecular formula is C31H31FN2O4. The molecule has 1 aliphatic rings. The highest BCUT2D eigenvalue weighted by atomic mass is 19.1. The Morgan fingerprint density at radius 1 is 1.08 bits per heavy atom. The molecule has 196 valence electrons. The summed E-state index contributed by atoms with van der Waals surface area (Å²) in [6, 6.07) is 19.8.